The predicted molar refractivity (Wildman–Crippen MR) is 169 cm³/mol. The second-order valence-corrected chi connectivity index (χ2v) is 10.7. The monoisotopic (exact) mass is 659 g/mol. The van der Waals surface area contributed by atoms with Gasteiger partial charge in [-0.2, -0.15) is 0 Å². The molecule has 13 heteroatoms. The SMILES string of the molecule is CCCOc1ccc(N2C(=O)NC(=O)/C(=C\c3cc(Cl)c(OCC(=O)Nc4ccc(C)c(Cl)c4)c(Cl)c3)C2=O)cc1OCC. The van der Waals surface area contributed by atoms with Crippen molar-refractivity contribution in [3.05, 3.63) is 80.3 Å². The van der Waals surface area contributed by atoms with Gasteiger partial charge in [0.2, 0.25) is 0 Å². The number of barbiturate groups is 1. The molecule has 0 saturated carbocycles. The summed E-state index contributed by atoms with van der Waals surface area (Å²) in [7, 11) is 0. The highest BCUT2D eigenvalue weighted by atomic mass is 35.5. The van der Waals surface area contributed by atoms with Crippen LogP contribution >= 0.6 is 34.8 Å². The van der Waals surface area contributed by atoms with Crippen molar-refractivity contribution < 1.29 is 33.4 Å². The van der Waals surface area contributed by atoms with Gasteiger partial charge in [0.1, 0.15) is 5.57 Å². The minimum Gasteiger partial charge on any atom is -0.490 e. The topological polar surface area (TPSA) is 123 Å². The zero-order valence-electron chi connectivity index (χ0n) is 24.0. The fraction of sp³-hybridized carbons (Fsp3) is 0.226. The van der Waals surface area contributed by atoms with E-state index in [9.17, 15) is 19.2 Å². The van der Waals surface area contributed by atoms with Crippen LogP contribution in [0.1, 0.15) is 31.4 Å². The van der Waals surface area contributed by atoms with E-state index in [2.05, 4.69) is 10.6 Å². The van der Waals surface area contributed by atoms with Gasteiger partial charge in [-0.25, -0.2) is 9.69 Å². The van der Waals surface area contributed by atoms with Gasteiger partial charge >= 0.3 is 6.03 Å². The fourth-order valence-electron chi connectivity index (χ4n) is 4.10. The molecule has 0 aromatic heterocycles. The van der Waals surface area contributed by atoms with E-state index in [0.717, 1.165) is 16.9 Å². The van der Waals surface area contributed by atoms with E-state index in [1.807, 2.05) is 13.8 Å². The highest BCUT2D eigenvalue weighted by Crippen LogP contribution is 2.36. The van der Waals surface area contributed by atoms with E-state index in [4.69, 9.17) is 49.0 Å². The van der Waals surface area contributed by atoms with E-state index in [0.29, 0.717) is 35.4 Å². The predicted octanol–water partition coefficient (Wildman–Crippen LogP) is 6.83. The molecule has 44 heavy (non-hydrogen) atoms. The van der Waals surface area contributed by atoms with Crippen molar-refractivity contribution in [3.8, 4) is 17.2 Å². The lowest BCUT2D eigenvalue weighted by Gasteiger charge is -2.27. The van der Waals surface area contributed by atoms with Crippen LogP contribution in [-0.2, 0) is 14.4 Å². The third-order valence-corrected chi connectivity index (χ3v) is 7.15. The van der Waals surface area contributed by atoms with Gasteiger partial charge in [-0.1, -0.05) is 47.8 Å². The van der Waals surface area contributed by atoms with Crippen molar-refractivity contribution in [3.63, 3.8) is 0 Å². The molecular formula is C31H28Cl3N3O7. The van der Waals surface area contributed by atoms with Crippen molar-refractivity contribution in [2.24, 2.45) is 0 Å². The van der Waals surface area contributed by atoms with Crippen molar-refractivity contribution in [2.45, 2.75) is 27.2 Å². The second kappa shape index (κ2) is 14.5. The second-order valence-electron chi connectivity index (χ2n) is 9.48. The van der Waals surface area contributed by atoms with Crippen LogP contribution in [0.15, 0.2) is 54.1 Å². The number of anilines is 2. The summed E-state index contributed by atoms with van der Waals surface area (Å²) >= 11 is 18.9. The van der Waals surface area contributed by atoms with E-state index in [1.54, 1.807) is 31.2 Å². The molecule has 1 heterocycles. The zero-order chi connectivity index (χ0) is 32.0. The first-order valence-corrected chi connectivity index (χ1v) is 14.6. The Balaban J connectivity index is 1.53. The number of halogens is 3. The molecule has 4 rings (SSSR count). The number of ether oxygens (including phenoxy) is 3. The number of hydrogen-bond acceptors (Lipinski definition) is 7. The van der Waals surface area contributed by atoms with Gasteiger partial charge in [0, 0.05) is 16.8 Å². The largest absolute Gasteiger partial charge is 0.490 e. The first-order chi connectivity index (χ1) is 21.0. The van der Waals surface area contributed by atoms with Crippen molar-refractivity contribution >= 4 is 76.0 Å². The minimum absolute atomic E-state index is 0.0242. The third kappa shape index (κ3) is 7.63. The van der Waals surface area contributed by atoms with Gasteiger partial charge in [0.15, 0.2) is 23.9 Å². The van der Waals surface area contributed by atoms with Crippen LogP contribution in [0, 0.1) is 6.92 Å². The number of hydrogen-bond donors (Lipinski definition) is 2. The molecule has 3 aromatic carbocycles. The van der Waals surface area contributed by atoms with E-state index < -0.39 is 30.4 Å². The lowest BCUT2D eigenvalue weighted by molar-refractivity contribution is -0.122. The number of amides is 5. The normalized spacial score (nSPS) is 14.0. The Hall–Kier alpha value is -4.25. The molecule has 0 radical (unpaired) electrons. The number of nitrogens with zero attached hydrogens (tertiary/aromatic N) is 1. The molecule has 1 fully saturated rings. The quantitative estimate of drug-likeness (QED) is 0.171. The Bertz CT molecular complexity index is 1640. The molecule has 0 aliphatic carbocycles. The number of rotatable bonds is 11. The third-order valence-electron chi connectivity index (χ3n) is 6.18. The summed E-state index contributed by atoms with van der Waals surface area (Å²) in [5.41, 5.74) is 1.46. The number of urea groups is 1. The lowest BCUT2D eigenvalue weighted by atomic mass is 10.1. The Morgan fingerprint density at radius 1 is 0.909 bits per heavy atom. The van der Waals surface area contributed by atoms with E-state index in [1.165, 1.54) is 30.3 Å². The number of aryl methyl sites for hydroxylation is 1. The van der Waals surface area contributed by atoms with Crippen molar-refractivity contribution in [2.75, 3.05) is 30.0 Å². The molecule has 3 aromatic rings. The van der Waals surface area contributed by atoms with Crippen molar-refractivity contribution in [1.29, 1.82) is 0 Å². The van der Waals surface area contributed by atoms with Crippen LogP contribution in [0.3, 0.4) is 0 Å². The molecule has 230 valence electrons. The molecule has 0 spiro atoms. The maximum absolute atomic E-state index is 13.4. The van der Waals surface area contributed by atoms with E-state index >= 15 is 0 Å². The highest BCUT2D eigenvalue weighted by molar-refractivity contribution is 6.40. The summed E-state index contributed by atoms with van der Waals surface area (Å²) < 4.78 is 16.9. The first-order valence-electron chi connectivity index (χ1n) is 13.5. The van der Waals surface area contributed by atoms with E-state index in [-0.39, 0.29) is 32.6 Å². The standard InChI is InChI=1S/C31H28Cl3N3O7/c1-4-10-43-25-9-8-20(15-26(25)42-5-2)37-30(40)21(29(39)36-31(37)41)11-18-12-23(33)28(24(34)13-18)44-16-27(38)35-19-7-6-17(3)22(32)14-19/h6-9,11-15H,4-5,10,16H2,1-3H3,(H,35,38)(H,36,39,41)/b21-11+. The summed E-state index contributed by atoms with van der Waals surface area (Å²) in [6.07, 6.45) is 2.02. The molecule has 5 amide bonds. The van der Waals surface area contributed by atoms with Gasteiger partial charge in [0.05, 0.1) is 28.9 Å². The maximum Gasteiger partial charge on any atom is 0.335 e. The number of benzene rings is 3. The molecule has 1 aliphatic heterocycles. The summed E-state index contributed by atoms with van der Waals surface area (Å²) in [5.74, 6) is -1.43. The Labute approximate surface area is 268 Å². The molecule has 0 atom stereocenters. The van der Waals surface area contributed by atoms with Gasteiger partial charge in [-0.15, -0.1) is 0 Å². The van der Waals surface area contributed by atoms with Crippen LogP contribution in [0.25, 0.3) is 6.08 Å². The smallest absolute Gasteiger partial charge is 0.335 e. The summed E-state index contributed by atoms with van der Waals surface area (Å²) in [6.45, 7) is 5.96. The summed E-state index contributed by atoms with van der Waals surface area (Å²) in [5, 5.41) is 5.39. The lowest BCUT2D eigenvalue weighted by Crippen LogP contribution is -2.54. The molecule has 10 nitrogen and oxygen atoms in total. The van der Waals surface area contributed by atoms with Crippen LogP contribution in [0.5, 0.6) is 17.2 Å². The van der Waals surface area contributed by atoms with Crippen molar-refractivity contribution in [1.82, 2.24) is 5.32 Å². The molecule has 1 aliphatic rings. The highest BCUT2D eigenvalue weighted by Gasteiger charge is 2.37. The Morgan fingerprint density at radius 2 is 1.64 bits per heavy atom. The van der Waals surface area contributed by atoms with Crippen LogP contribution in [0.4, 0.5) is 16.2 Å². The number of carbonyl (C=O) groups excluding carboxylic acids is 4. The van der Waals surface area contributed by atoms with Gasteiger partial charge in [-0.05, 0) is 73.9 Å². The Kier molecular flexibility index (Phi) is 10.7. The minimum atomic E-state index is -0.923. The van der Waals surface area contributed by atoms with Crippen LogP contribution in [-0.4, -0.2) is 43.6 Å². The molecule has 1 saturated heterocycles. The van der Waals surface area contributed by atoms with Gasteiger partial charge in [-0.3, -0.25) is 19.7 Å². The van der Waals surface area contributed by atoms with Gasteiger partial charge in [0.25, 0.3) is 17.7 Å². The number of carbonyl (C=O) groups is 4. The fourth-order valence-corrected chi connectivity index (χ4v) is 4.89. The summed E-state index contributed by atoms with van der Waals surface area (Å²) in [6, 6.07) is 11.6. The van der Waals surface area contributed by atoms with Crippen LogP contribution < -0.4 is 29.7 Å². The van der Waals surface area contributed by atoms with Gasteiger partial charge < -0.3 is 19.5 Å². The summed E-state index contributed by atoms with van der Waals surface area (Å²) in [4.78, 5) is 52.1. The molecule has 0 bridgehead atoms. The van der Waals surface area contributed by atoms with Crippen LogP contribution in [0.2, 0.25) is 15.1 Å². The zero-order valence-corrected chi connectivity index (χ0v) is 26.2. The first kappa shape index (κ1) is 32.7. The molecule has 0 unspecified atom stereocenters. The average molecular weight is 661 g/mol. The Morgan fingerprint density at radius 3 is 2.30 bits per heavy atom. The molecular weight excluding hydrogens is 633 g/mol. The molecule has 2 N–H and O–H groups in total. The number of imide groups is 2. The average Bonchev–Trinajstić information content (AvgIpc) is 2.96. The number of nitrogens with one attached hydrogen (secondary N) is 2. The maximum atomic E-state index is 13.4.